The van der Waals surface area contributed by atoms with E-state index in [1.165, 1.54) is 28.1 Å². The second kappa shape index (κ2) is 25.3. The van der Waals surface area contributed by atoms with E-state index in [4.69, 9.17) is 9.84 Å². The minimum Gasteiger partial charge on any atom is -0.508 e. The van der Waals surface area contributed by atoms with Crippen molar-refractivity contribution in [3.8, 4) is 23.3 Å². The van der Waals surface area contributed by atoms with Crippen LogP contribution in [0.3, 0.4) is 0 Å². The fraction of sp³-hybridized carbons (Fsp3) is 0.440. The second-order valence-corrected chi connectivity index (χ2v) is 17.5. The average Bonchev–Trinajstić information content (AvgIpc) is 3.83. The zero-order valence-electron chi connectivity index (χ0n) is 39.0. The number of aliphatic carboxylic acids is 3. The first kappa shape index (κ1) is 52.0. The van der Waals surface area contributed by atoms with Crippen molar-refractivity contribution in [3.63, 3.8) is 0 Å². The number of likely N-dealkylation sites (tertiary alicyclic amines) is 1. The summed E-state index contributed by atoms with van der Waals surface area (Å²) in [5, 5.41) is 62.3. The number of aromatic nitrogens is 1. The number of phenols is 2. The van der Waals surface area contributed by atoms with Crippen molar-refractivity contribution in [2.45, 2.75) is 64.1 Å². The molecule has 3 aromatic carbocycles. The van der Waals surface area contributed by atoms with Crippen LogP contribution in [-0.4, -0.2) is 175 Å². The molecule has 0 aliphatic carbocycles. The molecule has 0 saturated carbocycles. The van der Waals surface area contributed by atoms with Gasteiger partial charge in [0.2, 0.25) is 11.8 Å². The number of piperazine rings is 1. The Hall–Kier alpha value is -7.34. The molecule has 3 heterocycles. The van der Waals surface area contributed by atoms with Crippen molar-refractivity contribution in [3.05, 3.63) is 94.7 Å². The van der Waals surface area contributed by atoms with Gasteiger partial charge in [-0.25, -0.2) is 0 Å². The Bertz CT molecular complexity index is 2560. The number of nitrogens with zero attached hydrogens (tertiary/aromatic N) is 7. The maximum atomic E-state index is 13.3. The lowest BCUT2D eigenvalue weighted by Gasteiger charge is -2.34. The maximum Gasteiger partial charge on any atom is 0.317 e. The molecule has 1 atom stereocenters. The number of nitriles is 1. The number of pyridine rings is 1. The van der Waals surface area contributed by atoms with Gasteiger partial charge in [-0.1, -0.05) is 24.3 Å². The van der Waals surface area contributed by atoms with Crippen molar-refractivity contribution in [2.75, 3.05) is 78.6 Å². The number of nitrogens with one attached hydrogen (secondary N) is 1. The van der Waals surface area contributed by atoms with Gasteiger partial charge in [0.1, 0.15) is 23.3 Å². The van der Waals surface area contributed by atoms with Crippen LogP contribution in [0.4, 0.5) is 0 Å². The zero-order chi connectivity index (χ0) is 50.2. The number of hydrogen-bond acceptors (Lipinski definition) is 14. The third-order valence-corrected chi connectivity index (χ3v) is 12.5. The van der Waals surface area contributed by atoms with Gasteiger partial charge in [0.15, 0.2) is 0 Å². The number of carbonyl (C=O) groups is 6. The van der Waals surface area contributed by atoms with Gasteiger partial charge in [0.25, 0.3) is 5.91 Å². The predicted octanol–water partition coefficient (Wildman–Crippen LogP) is 2.93. The number of ether oxygens (including phenoxy) is 1. The Balaban J connectivity index is 0.936. The number of carboxylic acid groups (broad SMARTS) is 3. The minimum absolute atomic E-state index is 0.00763. The molecule has 4 aromatic rings. The lowest BCUT2D eigenvalue weighted by molar-refractivity contribution is -0.140. The predicted molar refractivity (Wildman–Crippen MR) is 254 cm³/mol. The van der Waals surface area contributed by atoms with E-state index >= 15 is 0 Å². The van der Waals surface area contributed by atoms with E-state index in [0.29, 0.717) is 91.1 Å². The van der Waals surface area contributed by atoms with Crippen LogP contribution in [0, 0.1) is 11.3 Å². The Labute approximate surface area is 405 Å². The molecular weight excluding hydrogens is 905 g/mol. The van der Waals surface area contributed by atoms with Gasteiger partial charge in [-0.2, -0.15) is 5.26 Å². The average molecular weight is 965 g/mol. The van der Waals surface area contributed by atoms with Gasteiger partial charge in [-0.05, 0) is 79.6 Å². The third-order valence-electron chi connectivity index (χ3n) is 12.5. The molecule has 20 nitrogen and oxygen atoms in total. The molecule has 3 amide bonds. The Morgan fingerprint density at radius 1 is 0.757 bits per heavy atom. The lowest BCUT2D eigenvalue weighted by Crippen LogP contribution is -2.49. The van der Waals surface area contributed by atoms with E-state index in [9.17, 15) is 54.5 Å². The number of rotatable bonds is 25. The highest BCUT2D eigenvalue weighted by molar-refractivity contribution is 6.07. The van der Waals surface area contributed by atoms with E-state index in [2.05, 4.69) is 21.3 Å². The smallest absolute Gasteiger partial charge is 0.317 e. The molecule has 2 aliphatic rings. The number of carboxylic acids is 3. The number of hydrogen-bond donors (Lipinski definition) is 6. The SMILES string of the molecule is N#C[C@@H]1CCCN1C(=O)CNC(=O)c1ccnc2ccc(OCCCN3CCN(C(=O)CCc4ccc(O)c(CN(CCN(CC(=O)O)Cc5cc(CCC(=O)O)ccc5O)CC(=O)O)c4)CC3)cc12. The summed E-state index contributed by atoms with van der Waals surface area (Å²) in [5.74, 6) is -3.52. The first-order valence-electron chi connectivity index (χ1n) is 23.4. The molecule has 0 unspecified atom stereocenters. The van der Waals surface area contributed by atoms with Crippen molar-refractivity contribution in [1.82, 2.24) is 34.8 Å². The van der Waals surface area contributed by atoms with Crippen molar-refractivity contribution >= 4 is 46.5 Å². The highest BCUT2D eigenvalue weighted by atomic mass is 16.5. The van der Waals surface area contributed by atoms with Crippen LogP contribution in [0.2, 0.25) is 0 Å². The van der Waals surface area contributed by atoms with Crippen LogP contribution >= 0.6 is 0 Å². The van der Waals surface area contributed by atoms with Gasteiger partial charge in [-0.15, -0.1) is 0 Å². The van der Waals surface area contributed by atoms with Gasteiger partial charge in [0.05, 0.1) is 43.4 Å². The largest absolute Gasteiger partial charge is 0.508 e. The van der Waals surface area contributed by atoms with Crippen LogP contribution in [-0.2, 0) is 49.9 Å². The third kappa shape index (κ3) is 15.3. The first-order valence-corrected chi connectivity index (χ1v) is 23.4. The molecule has 2 aliphatic heterocycles. The molecule has 6 rings (SSSR count). The molecular formula is C50H60N8O12. The molecule has 70 heavy (non-hydrogen) atoms. The van der Waals surface area contributed by atoms with Crippen LogP contribution in [0.15, 0.2) is 66.9 Å². The van der Waals surface area contributed by atoms with Crippen LogP contribution in [0.1, 0.15) is 64.7 Å². The summed E-state index contributed by atoms with van der Waals surface area (Å²) in [4.78, 5) is 87.0. The number of aryl methyl sites for hydroxylation is 2. The van der Waals surface area contributed by atoms with Gasteiger partial charge in [-0.3, -0.25) is 48.5 Å². The van der Waals surface area contributed by atoms with Crippen LogP contribution < -0.4 is 10.1 Å². The van der Waals surface area contributed by atoms with E-state index in [1.807, 2.05) is 4.90 Å². The first-order chi connectivity index (χ1) is 33.6. The Morgan fingerprint density at radius 3 is 1.99 bits per heavy atom. The molecule has 6 N–H and O–H groups in total. The zero-order valence-corrected chi connectivity index (χ0v) is 39.0. The Kier molecular flexibility index (Phi) is 18.8. The fourth-order valence-corrected chi connectivity index (χ4v) is 8.74. The molecule has 1 aromatic heterocycles. The van der Waals surface area contributed by atoms with Crippen molar-refractivity contribution < 1.29 is 59.0 Å². The van der Waals surface area contributed by atoms with Crippen LogP contribution in [0.25, 0.3) is 10.9 Å². The summed E-state index contributed by atoms with van der Waals surface area (Å²) >= 11 is 0. The highest BCUT2D eigenvalue weighted by Crippen LogP contribution is 2.26. The minimum atomic E-state index is -1.13. The normalized spacial score (nSPS) is 15.0. The highest BCUT2D eigenvalue weighted by Gasteiger charge is 2.29. The number of fused-ring (bicyclic) bond motifs is 1. The molecule has 0 spiro atoms. The molecule has 2 fully saturated rings. The second-order valence-electron chi connectivity index (χ2n) is 17.5. The summed E-state index contributed by atoms with van der Waals surface area (Å²) in [6, 6.07) is 18.2. The molecule has 372 valence electrons. The quantitative estimate of drug-likeness (QED) is 0.0521. The fourth-order valence-electron chi connectivity index (χ4n) is 8.74. The Morgan fingerprint density at radius 2 is 1.39 bits per heavy atom. The van der Waals surface area contributed by atoms with Crippen molar-refractivity contribution in [1.29, 1.82) is 5.26 Å². The summed E-state index contributed by atoms with van der Waals surface area (Å²) < 4.78 is 6.06. The summed E-state index contributed by atoms with van der Waals surface area (Å²) in [6.07, 6.45) is 4.37. The number of aromatic hydroxyl groups is 2. The number of phenolic OH excluding ortho intramolecular Hbond substituents is 2. The topological polar surface area (TPSA) is 278 Å². The number of carbonyl (C=O) groups excluding carboxylic acids is 3. The molecule has 0 bridgehead atoms. The number of amides is 3. The van der Waals surface area contributed by atoms with E-state index in [0.717, 1.165) is 24.9 Å². The van der Waals surface area contributed by atoms with E-state index in [-0.39, 0.29) is 75.3 Å². The monoisotopic (exact) mass is 964 g/mol. The van der Waals surface area contributed by atoms with Gasteiger partial charge < -0.3 is 45.4 Å². The standard InChI is InChI=1S/C50H60N8O12/c51-28-38-3-1-17-58(38)46(62)29-53-50(69)40-14-15-52-42-9-8-39(27-41(40)42)70-24-2-16-54-20-22-57(23-21-54)45(61)12-6-34-4-10-43(59)36(25-34)30-55(32-48(65)66)18-19-56(33-49(67)68)31-37-26-35(5-11-44(37)60)7-13-47(63)64/h4-5,8-11,14-15,25-27,38,59-60H,1-3,6-7,12-13,16-24,29-33H2,(H,53,69)(H,63,64)(H,65,66)(H,67,68)/t38-/m0/s1. The summed E-state index contributed by atoms with van der Waals surface area (Å²) in [5.41, 5.74) is 3.25. The van der Waals surface area contributed by atoms with Crippen LogP contribution in [0.5, 0.6) is 17.2 Å². The molecule has 0 radical (unpaired) electrons. The maximum absolute atomic E-state index is 13.3. The molecule has 20 heteroatoms. The van der Waals surface area contributed by atoms with Gasteiger partial charge in [0, 0.05) is 101 Å². The summed E-state index contributed by atoms with van der Waals surface area (Å²) in [6.45, 7) is 3.38. The van der Waals surface area contributed by atoms with E-state index < -0.39 is 42.9 Å². The van der Waals surface area contributed by atoms with Crippen molar-refractivity contribution in [2.24, 2.45) is 0 Å². The summed E-state index contributed by atoms with van der Waals surface area (Å²) in [7, 11) is 0. The van der Waals surface area contributed by atoms with E-state index in [1.54, 1.807) is 53.4 Å². The number of benzene rings is 3. The van der Waals surface area contributed by atoms with Gasteiger partial charge >= 0.3 is 17.9 Å². The lowest BCUT2D eigenvalue weighted by atomic mass is 10.0. The molecule has 2 saturated heterocycles.